The molecule has 0 atom stereocenters. The highest BCUT2D eigenvalue weighted by atomic mass is 35.5. The van der Waals surface area contributed by atoms with Gasteiger partial charge in [0, 0.05) is 10.6 Å². The first-order valence-corrected chi connectivity index (χ1v) is 7.18. The van der Waals surface area contributed by atoms with Crippen LogP contribution in [0.25, 0.3) is 11.1 Å². The highest BCUT2D eigenvalue weighted by Gasteiger charge is 2.38. The fraction of sp³-hybridized carbons (Fsp3) is 0.200. The van der Waals surface area contributed by atoms with Crippen LogP contribution in [0.1, 0.15) is 6.92 Å². The molecule has 2 rings (SSSR count). The second-order valence-corrected chi connectivity index (χ2v) is 5.02. The summed E-state index contributed by atoms with van der Waals surface area (Å²) in [6.07, 6.45) is -5.08. The number of aliphatic carboxylic acids is 1. The number of benzene rings is 1. The van der Waals surface area contributed by atoms with Crippen molar-refractivity contribution in [1.29, 1.82) is 0 Å². The summed E-state index contributed by atoms with van der Waals surface area (Å²) >= 11 is 6.01. The van der Waals surface area contributed by atoms with Crippen LogP contribution in [-0.2, 0) is 4.79 Å². The predicted octanol–water partition coefficient (Wildman–Crippen LogP) is 3.60. The summed E-state index contributed by atoms with van der Waals surface area (Å²) in [4.78, 5) is 12.8. The van der Waals surface area contributed by atoms with E-state index in [1.54, 1.807) is 18.2 Å². The quantitative estimate of drug-likeness (QED) is 0.753. The number of halogens is 4. The van der Waals surface area contributed by atoms with Crippen molar-refractivity contribution in [2.75, 3.05) is 18.1 Å². The van der Waals surface area contributed by atoms with Gasteiger partial charge >= 0.3 is 12.1 Å². The van der Waals surface area contributed by atoms with Crippen LogP contribution < -0.4 is 16.2 Å². The lowest BCUT2D eigenvalue weighted by atomic mass is 10.1. The average molecular weight is 378 g/mol. The molecule has 5 N–H and O–H groups in total. The van der Waals surface area contributed by atoms with Gasteiger partial charge in [-0.3, -0.25) is 0 Å². The second-order valence-electron chi connectivity index (χ2n) is 4.58. The second kappa shape index (κ2) is 8.43. The fourth-order valence-electron chi connectivity index (χ4n) is 1.74. The normalized spacial score (nSPS) is 10.6. The molecule has 0 spiro atoms. The van der Waals surface area contributed by atoms with E-state index in [0.29, 0.717) is 23.3 Å². The third-order valence-corrected chi connectivity index (χ3v) is 2.90. The number of hydrogen-bond acceptors (Lipinski definition) is 5. The smallest absolute Gasteiger partial charge is 0.490 e. The van der Waals surface area contributed by atoms with Gasteiger partial charge in [0.25, 0.3) is 0 Å². The SMILES string of the molecule is CCOc1ccc(Cl)cc1-c1cc(N)nc(N)c1.O=C(O)C(F)(F)F. The van der Waals surface area contributed by atoms with Gasteiger partial charge < -0.3 is 21.3 Å². The first-order valence-electron chi connectivity index (χ1n) is 6.80. The Balaban J connectivity index is 0.000000381. The molecule has 0 aliphatic carbocycles. The summed E-state index contributed by atoms with van der Waals surface area (Å²) in [5.41, 5.74) is 13.1. The Labute approximate surface area is 146 Å². The number of hydrogen-bond donors (Lipinski definition) is 3. The highest BCUT2D eigenvalue weighted by molar-refractivity contribution is 6.31. The lowest BCUT2D eigenvalue weighted by Crippen LogP contribution is -2.21. The molecule has 6 nitrogen and oxygen atoms in total. The van der Waals surface area contributed by atoms with Gasteiger partial charge in [-0.1, -0.05) is 11.6 Å². The standard InChI is InChI=1S/C13H14ClN3O.C2HF3O2/c1-2-18-11-4-3-9(14)7-10(11)8-5-12(15)17-13(16)6-8;3-2(4,5)1(6)7/h3-7H,2H2,1H3,(H4,15,16,17);(H,6,7). The molecule has 0 radical (unpaired) electrons. The minimum absolute atomic E-state index is 0.368. The summed E-state index contributed by atoms with van der Waals surface area (Å²) in [6.45, 7) is 2.50. The van der Waals surface area contributed by atoms with E-state index in [0.717, 1.165) is 16.9 Å². The minimum Gasteiger partial charge on any atom is -0.493 e. The third kappa shape index (κ3) is 6.38. The molecular formula is C15H15ClF3N3O3. The monoisotopic (exact) mass is 377 g/mol. The van der Waals surface area contributed by atoms with Gasteiger partial charge in [-0.15, -0.1) is 0 Å². The molecule has 1 aromatic carbocycles. The van der Waals surface area contributed by atoms with E-state index in [4.69, 9.17) is 37.7 Å². The van der Waals surface area contributed by atoms with Crippen LogP contribution >= 0.6 is 11.6 Å². The zero-order valence-electron chi connectivity index (χ0n) is 13.0. The van der Waals surface area contributed by atoms with Crippen molar-refractivity contribution in [3.63, 3.8) is 0 Å². The van der Waals surface area contributed by atoms with Crippen molar-refractivity contribution in [3.05, 3.63) is 35.4 Å². The Hall–Kier alpha value is -2.68. The van der Waals surface area contributed by atoms with E-state index in [2.05, 4.69) is 4.98 Å². The fourth-order valence-corrected chi connectivity index (χ4v) is 1.91. The van der Waals surface area contributed by atoms with Gasteiger partial charge in [-0.25, -0.2) is 9.78 Å². The Morgan fingerprint density at radius 3 is 2.20 bits per heavy atom. The molecule has 0 aliphatic heterocycles. The Morgan fingerprint density at radius 1 is 1.24 bits per heavy atom. The summed E-state index contributed by atoms with van der Waals surface area (Å²) < 4.78 is 37.3. The van der Waals surface area contributed by atoms with Gasteiger partial charge in [-0.2, -0.15) is 13.2 Å². The Morgan fingerprint density at radius 2 is 1.76 bits per heavy atom. The minimum atomic E-state index is -5.08. The maximum absolute atomic E-state index is 10.6. The van der Waals surface area contributed by atoms with E-state index in [1.165, 1.54) is 0 Å². The van der Waals surface area contributed by atoms with Crippen LogP contribution in [0.5, 0.6) is 5.75 Å². The summed E-state index contributed by atoms with van der Waals surface area (Å²) in [5.74, 6) is -1.28. The predicted molar refractivity (Wildman–Crippen MR) is 88.4 cm³/mol. The molecule has 25 heavy (non-hydrogen) atoms. The maximum atomic E-state index is 10.6. The van der Waals surface area contributed by atoms with E-state index in [-0.39, 0.29) is 0 Å². The zero-order chi connectivity index (χ0) is 19.2. The number of carboxylic acids is 1. The number of aromatic nitrogens is 1. The third-order valence-electron chi connectivity index (χ3n) is 2.66. The molecule has 0 aliphatic rings. The summed E-state index contributed by atoms with van der Waals surface area (Å²) in [7, 11) is 0. The topological polar surface area (TPSA) is 111 Å². The zero-order valence-corrected chi connectivity index (χ0v) is 13.7. The van der Waals surface area contributed by atoms with E-state index >= 15 is 0 Å². The molecule has 1 heterocycles. The molecule has 10 heteroatoms. The molecule has 0 unspecified atom stereocenters. The molecule has 0 saturated heterocycles. The van der Waals surface area contributed by atoms with Crippen molar-refractivity contribution >= 4 is 29.2 Å². The Kier molecular flexibility index (Phi) is 6.86. The first kappa shape index (κ1) is 20.4. The van der Waals surface area contributed by atoms with Crippen LogP contribution in [0.4, 0.5) is 24.8 Å². The van der Waals surface area contributed by atoms with Gasteiger partial charge in [0.05, 0.1) is 6.61 Å². The van der Waals surface area contributed by atoms with Crippen molar-refractivity contribution in [3.8, 4) is 16.9 Å². The van der Waals surface area contributed by atoms with Gasteiger partial charge in [0.15, 0.2) is 0 Å². The number of ether oxygens (including phenoxy) is 1. The lowest BCUT2D eigenvalue weighted by Gasteiger charge is -2.11. The number of nitrogens with two attached hydrogens (primary N) is 2. The van der Waals surface area contributed by atoms with Crippen molar-refractivity contribution in [2.24, 2.45) is 0 Å². The average Bonchev–Trinajstić information content (AvgIpc) is 2.48. The van der Waals surface area contributed by atoms with Crippen LogP contribution in [0.3, 0.4) is 0 Å². The molecule has 0 fully saturated rings. The van der Waals surface area contributed by atoms with Crippen molar-refractivity contribution < 1.29 is 27.8 Å². The molecule has 1 aromatic heterocycles. The van der Waals surface area contributed by atoms with Crippen LogP contribution in [0, 0.1) is 0 Å². The maximum Gasteiger partial charge on any atom is 0.490 e. The number of nitrogens with zero attached hydrogens (tertiary/aromatic N) is 1. The number of carboxylic acid groups (broad SMARTS) is 1. The van der Waals surface area contributed by atoms with Crippen LogP contribution in [0.15, 0.2) is 30.3 Å². The number of pyridine rings is 1. The van der Waals surface area contributed by atoms with Gasteiger partial charge in [0.2, 0.25) is 0 Å². The molecule has 0 saturated carbocycles. The molecular weight excluding hydrogens is 363 g/mol. The number of nitrogen functional groups attached to an aromatic ring is 2. The van der Waals surface area contributed by atoms with E-state index in [9.17, 15) is 13.2 Å². The van der Waals surface area contributed by atoms with Crippen LogP contribution in [-0.4, -0.2) is 28.8 Å². The van der Waals surface area contributed by atoms with E-state index < -0.39 is 12.1 Å². The summed E-state index contributed by atoms with van der Waals surface area (Å²) in [6, 6.07) is 8.91. The van der Waals surface area contributed by atoms with E-state index in [1.807, 2.05) is 19.1 Å². The number of rotatable bonds is 3. The highest BCUT2D eigenvalue weighted by Crippen LogP contribution is 2.34. The summed E-state index contributed by atoms with van der Waals surface area (Å²) in [5, 5.41) is 7.75. The van der Waals surface area contributed by atoms with Crippen LogP contribution in [0.2, 0.25) is 5.02 Å². The molecule has 0 bridgehead atoms. The largest absolute Gasteiger partial charge is 0.493 e. The number of carbonyl (C=O) groups is 1. The molecule has 0 amide bonds. The Bertz CT molecular complexity index is 734. The molecule has 136 valence electrons. The van der Waals surface area contributed by atoms with Gasteiger partial charge in [-0.05, 0) is 42.8 Å². The number of anilines is 2. The molecule has 2 aromatic rings. The number of alkyl halides is 3. The van der Waals surface area contributed by atoms with Crippen molar-refractivity contribution in [2.45, 2.75) is 13.1 Å². The van der Waals surface area contributed by atoms with Crippen molar-refractivity contribution in [1.82, 2.24) is 4.98 Å². The first-order chi connectivity index (χ1) is 11.5. The lowest BCUT2D eigenvalue weighted by molar-refractivity contribution is -0.192. The van der Waals surface area contributed by atoms with Gasteiger partial charge in [0.1, 0.15) is 17.4 Å².